The fourth-order valence-electron chi connectivity index (χ4n) is 1.72. The van der Waals surface area contributed by atoms with E-state index in [9.17, 15) is 4.79 Å². The highest BCUT2D eigenvalue weighted by Crippen LogP contribution is 2.23. The normalized spacial score (nSPS) is 21.1. The van der Waals surface area contributed by atoms with Gasteiger partial charge in [0.15, 0.2) is 0 Å². The van der Waals surface area contributed by atoms with Gasteiger partial charge in [-0.1, -0.05) is 0 Å². The maximum atomic E-state index is 11.7. The molecule has 4 heteroatoms. The molecule has 0 spiro atoms. The summed E-state index contributed by atoms with van der Waals surface area (Å²) in [7, 11) is 0. The third-order valence-electron chi connectivity index (χ3n) is 2.63. The Morgan fingerprint density at radius 2 is 2.07 bits per heavy atom. The van der Waals surface area contributed by atoms with Crippen LogP contribution in [0.4, 0.5) is 5.69 Å². The van der Waals surface area contributed by atoms with Crippen LogP contribution >= 0.6 is 11.8 Å². The van der Waals surface area contributed by atoms with E-state index in [-0.39, 0.29) is 11.9 Å². The highest BCUT2D eigenvalue weighted by Gasteiger charge is 2.29. The topological polar surface area (TPSA) is 46.3 Å². The maximum Gasteiger partial charge on any atom is 0.243 e. The second-order valence-electron chi connectivity index (χ2n) is 3.58. The Morgan fingerprint density at radius 1 is 1.40 bits per heavy atom. The largest absolute Gasteiger partial charge is 0.320 e. The van der Waals surface area contributed by atoms with E-state index in [1.165, 1.54) is 4.90 Å². The van der Waals surface area contributed by atoms with Gasteiger partial charge in [-0.2, -0.15) is 0 Å². The number of carbonyl (C=O) groups excluding carboxylic acids is 1. The number of amides is 1. The Hall–Kier alpha value is -1.00. The van der Waals surface area contributed by atoms with Gasteiger partial charge < -0.3 is 10.6 Å². The molecule has 1 amide bonds. The lowest BCUT2D eigenvalue weighted by atomic mass is 10.3. The van der Waals surface area contributed by atoms with Crippen LogP contribution in [0, 0.1) is 0 Å². The smallest absolute Gasteiger partial charge is 0.243 e. The Kier molecular flexibility index (Phi) is 2.98. The third-order valence-corrected chi connectivity index (χ3v) is 3.37. The summed E-state index contributed by atoms with van der Waals surface area (Å²) in [5.74, 6) is 0.0342. The number of hydrogen-bond donors (Lipinski definition) is 1. The summed E-state index contributed by atoms with van der Waals surface area (Å²) < 4.78 is 0. The molecule has 0 aromatic heterocycles. The van der Waals surface area contributed by atoms with Crippen molar-refractivity contribution in [2.75, 3.05) is 17.7 Å². The van der Waals surface area contributed by atoms with E-state index >= 15 is 0 Å². The van der Waals surface area contributed by atoms with Gasteiger partial charge in [-0.05, 0) is 36.9 Å². The van der Waals surface area contributed by atoms with E-state index in [0.29, 0.717) is 0 Å². The summed E-state index contributed by atoms with van der Waals surface area (Å²) in [6.45, 7) is 0.735. The highest BCUT2D eigenvalue weighted by atomic mass is 32.2. The number of anilines is 1. The molecule has 1 aliphatic heterocycles. The molecule has 1 aliphatic rings. The first-order valence-electron chi connectivity index (χ1n) is 4.93. The van der Waals surface area contributed by atoms with E-state index in [1.807, 2.05) is 30.5 Å². The molecule has 2 N–H and O–H groups in total. The molecule has 1 aromatic carbocycles. The lowest BCUT2D eigenvalue weighted by Gasteiger charge is -2.16. The average molecular weight is 222 g/mol. The van der Waals surface area contributed by atoms with Crippen molar-refractivity contribution >= 4 is 23.4 Å². The third kappa shape index (κ3) is 2.01. The van der Waals surface area contributed by atoms with Crippen molar-refractivity contribution in [2.24, 2.45) is 5.73 Å². The van der Waals surface area contributed by atoms with Crippen LogP contribution in [-0.4, -0.2) is 24.7 Å². The molecule has 15 heavy (non-hydrogen) atoms. The van der Waals surface area contributed by atoms with E-state index in [0.717, 1.165) is 18.7 Å². The predicted molar refractivity (Wildman–Crippen MR) is 63.2 cm³/mol. The zero-order valence-corrected chi connectivity index (χ0v) is 9.46. The molecule has 0 saturated carbocycles. The van der Waals surface area contributed by atoms with Gasteiger partial charge in [0.25, 0.3) is 0 Å². The molecule has 1 atom stereocenters. The fraction of sp³-hybridized carbons (Fsp3) is 0.364. The van der Waals surface area contributed by atoms with Crippen LogP contribution in [0.15, 0.2) is 29.2 Å². The van der Waals surface area contributed by atoms with E-state index in [2.05, 4.69) is 0 Å². The van der Waals surface area contributed by atoms with Gasteiger partial charge in [0.2, 0.25) is 5.91 Å². The van der Waals surface area contributed by atoms with Crippen LogP contribution in [0.5, 0.6) is 0 Å². The first kappa shape index (κ1) is 10.5. The molecule has 1 heterocycles. The van der Waals surface area contributed by atoms with Crippen molar-refractivity contribution in [1.82, 2.24) is 0 Å². The number of nitrogens with two attached hydrogens (primary N) is 1. The van der Waals surface area contributed by atoms with Gasteiger partial charge >= 0.3 is 0 Å². The van der Waals surface area contributed by atoms with Gasteiger partial charge in [0.1, 0.15) is 0 Å². The molecule has 2 rings (SSSR count). The first-order chi connectivity index (χ1) is 7.22. The average Bonchev–Trinajstić information content (AvgIpc) is 2.60. The number of nitrogens with zero attached hydrogens (tertiary/aromatic N) is 1. The van der Waals surface area contributed by atoms with Gasteiger partial charge in [-0.25, -0.2) is 0 Å². The number of hydrogen-bond acceptors (Lipinski definition) is 3. The summed E-state index contributed by atoms with van der Waals surface area (Å²) in [5.41, 5.74) is 6.62. The van der Waals surface area contributed by atoms with Gasteiger partial charge in [0, 0.05) is 17.1 Å². The highest BCUT2D eigenvalue weighted by molar-refractivity contribution is 7.98. The van der Waals surface area contributed by atoms with Crippen LogP contribution < -0.4 is 10.6 Å². The summed E-state index contributed by atoms with van der Waals surface area (Å²) in [5, 5.41) is 0. The quantitative estimate of drug-likeness (QED) is 0.771. The molecular formula is C11H14N2OS. The number of rotatable bonds is 2. The van der Waals surface area contributed by atoms with Crippen molar-refractivity contribution in [3.63, 3.8) is 0 Å². The number of carbonyl (C=O) groups is 1. The lowest BCUT2D eigenvalue weighted by Crippen LogP contribution is -2.33. The molecular weight excluding hydrogens is 208 g/mol. The monoisotopic (exact) mass is 222 g/mol. The Bertz CT molecular complexity index is 363. The van der Waals surface area contributed by atoms with Crippen LogP contribution in [0.3, 0.4) is 0 Å². The van der Waals surface area contributed by atoms with E-state index < -0.39 is 0 Å². The fourth-order valence-corrected chi connectivity index (χ4v) is 2.13. The minimum atomic E-state index is -0.315. The number of benzene rings is 1. The molecule has 1 fully saturated rings. The van der Waals surface area contributed by atoms with Crippen LogP contribution in [-0.2, 0) is 4.79 Å². The second-order valence-corrected chi connectivity index (χ2v) is 4.46. The predicted octanol–water partition coefficient (Wildman–Crippen LogP) is 1.47. The van der Waals surface area contributed by atoms with Gasteiger partial charge in [0.05, 0.1) is 6.04 Å². The minimum Gasteiger partial charge on any atom is -0.320 e. The van der Waals surface area contributed by atoms with Crippen molar-refractivity contribution in [3.8, 4) is 0 Å². The zero-order valence-electron chi connectivity index (χ0n) is 8.64. The zero-order chi connectivity index (χ0) is 10.8. The molecule has 1 aromatic rings. The van der Waals surface area contributed by atoms with Crippen LogP contribution in [0.2, 0.25) is 0 Å². The van der Waals surface area contributed by atoms with Crippen LogP contribution in [0.1, 0.15) is 6.42 Å². The standard InChI is InChI=1S/C11H14N2OS/c1-15-9-4-2-8(3-5-9)13-7-6-10(12)11(13)14/h2-5,10H,6-7,12H2,1H3. The summed E-state index contributed by atoms with van der Waals surface area (Å²) in [6, 6.07) is 7.68. The molecule has 3 nitrogen and oxygen atoms in total. The molecule has 0 radical (unpaired) electrons. The summed E-state index contributed by atoms with van der Waals surface area (Å²) in [4.78, 5) is 14.6. The Morgan fingerprint density at radius 3 is 2.53 bits per heavy atom. The van der Waals surface area contributed by atoms with E-state index in [1.54, 1.807) is 16.7 Å². The Labute approximate surface area is 93.6 Å². The SMILES string of the molecule is CSc1ccc(N2CCC(N)C2=O)cc1. The Balaban J connectivity index is 2.19. The minimum absolute atomic E-state index is 0.0342. The second kappa shape index (κ2) is 4.24. The summed E-state index contributed by atoms with van der Waals surface area (Å²) >= 11 is 1.69. The van der Waals surface area contributed by atoms with E-state index in [4.69, 9.17) is 5.73 Å². The maximum absolute atomic E-state index is 11.7. The lowest BCUT2D eigenvalue weighted by molar-refractivity contribution is -0.118. The van der Waals surface area contributed by atoms with Crippen LogP contribution in [0.25, 0.3) is 0 Å². The molecule has 0 aliphatic carbocycles. The van der Waals surface area contributed by atoms with Crippen molar-refractivity contribution < 1.29 is 4.79 Å². The first-order valence-corrected chi connectivity index (χ1v) is 6.16. The molecule has 80 valence electrons. The van der Waals surface area contributed by atoms with Gasteiger partial charge in [-0.15, -0.1) is 11.8 Å². The molecule has 1 unspecified atom stereocenters. The van der Waals surface area contributed by atoms with Gasteiger partial charge in [-0.3, -0.25) is 4.79 Å². The van der Waals surface area contributed by atoms with Crippen molar-refractivity contribution in [2.45, 2.75) is 17.4 Å². The van der Waals surface area contributed by atoms with Crippen molar-refractivity contribution in [3.05, 3.63) is 24.3 Å². The summed E-state index contributed by atoms with van der Waals surface area (Å²) in [6.07, 6.45) is 2.79. The number of thioether (sulfide) groups is 1. The molecule has 1 saturated heterocycles. The van der Waals surface area contributed by atoms with Crippen molar-refractivity contribution in [1.29, 1.82) is 0 Å². The molecule has 0 bridgehead atoms.